The van der Waals surface area contributed by atoms with Gasteiger partial charge >= 0.3 is 0 Å². The average Bonchev–Trinajstić information content (AvgIpc) is 3.05. The molecule has 0 bridgehead atoms. The van der Waals surface area contributed by atoms with Gasteiger partial charge in [0.2, 0.25) is 5.91 Å². The highest BCUT2D eigenvalue weighted by atomic mass is 32.2. The number of thioether (sulfide) groups is 1. The maximum atomic E-state index is 12.5. The van der Waals surface area contributed by atoms with Crippen molar-refractivity contribution < 1.29 is 19.5 Å². The van der Waals surface area contributed by atoms with Crippen LogP contribution in [0.1, 0.15) is 17.5 Å². The predicted molar refractivity (Wildman–Crippen MR) is 122 cm³/mol. The van der Waals surface area contributed by atoms with Gasteiger partial charge in [-0.05, 0) is 35.4 Å². The molecular formula is C24H24N2O4S. The summed E-state index contributed by atoms with van der Waals surface area (Å²) in [5, 5.41) is 11.9. The van der Waals surface area contributed by atoms with Crippen molar-refractivity contribution in [2.75, 3.05) is 13.2 Å². The average molecular weight is 437 g/mol. The van der Waals surface area contributed by atoms with Gasteiger partial charge in [-0.2, -0.15) is 0 Å². The van der Waals surface area contributed by atoms with E-state index in [1.54, 1.807) is 12.2 Å². The highest BCUT2D eigenvalue weighted by molar-refractivity contribution is 8.18. The van der Waals surface area contributed by atoms with Crippen molar-refractivity contribution in [1.82, 2.24) is 10.2 Å². The van der Waals surface area contributed by atoms with Crippen molar-refractivity contribution in [2.24, 2.45) is 0 Å². The summed E-state index contributed by atoms with van der Waals surface area (Å²) in [6, 6.07) is 18.7. The third-order valence-electron chi connectivity index (χ3n) is 4.68. The Balaban J connectivity index is 1.50. The fourth-order valence-electron chi connectivity index (χ4n) is 3.09. The first-order valence-electron chi connectivity index (χ1n) is 9.98. The number of benzene rings is 2. The van der Waals surface area contributed by atoms with Gasteiger partial charge in [0, 0.05) is 13.0 Å². The first-order chi connectivity index (χ1) is 15.1. The molecule has 1 fully saturated rings. The molecule has 1 saturated heterocycles. The van der Waals surface area contributed by atoms with E-state index >= 15 is 0 Å². The number of carbonyl (C=O) groups excluding carboxylic acids is 3. The van der Waals surface area contributed by atoms with Crippen LogP contribution in [0.2, 0.25) is 0 Å². The highest BCUT2D eigenvalue weighted by Gasteiger charge is 2.34. The monoisotopic (exact) mass is 436 g/mol. The Morgan fingerprint density at radius 1 is 1.06 bits per heavy atom. The molecule has 0 saturated carbocycles. The van der Waals surface area contributed by atoms with Crippen LogP contribution in [0.4, 0.5) is 4.79 Å². The molecule has 1 aliphatic rings. The molecule has 2 aromatic carbocycles. The molecular weight excluding hydrogens is 412 g/mol. The molecule has 1 unspecified atom stereocenters. The van der Waals surface area contributed by atoms with E-state index in [-0.39, 0.29) is 30.7 Å². The Kier molecular flexibility index (Phi) is 8.20. The minimum absolute atomic E-state index is 0.000273. The molecule has 2 aromatic rings. The first-order valence-corrected chi connectivity index (χ1v) is 10.8. The molecule has 1 atom stereocenters. The molecule has 0 radical (unpaired) electrons. The summed E-state index contributed by atoms with van der Waals surface area (Å²) in [7, 11) is 0. The van der Waals surface area contributed by atoms with Gasteiger partial charge in [-0.1, -0.05) is 72.8 Å². The SMILES string of the molecule is O=C(CCN1C(=O)S/C(=C/C=C/c2ccccc2)C1=O)NC(CO)Cc1ccccc1. The van der Waals surface area contributed by atoms with Crippen LogP contribution in [0, 0.1) is 0 Å². The van der Waals surface area contributed by atoms with E-state index in [9.17, 15) is 19.5 Å². The van der Waals surface area contributed by atoms with Crippen molar-refractivity contribution in [2.45, 2.75) is 18.9 Å². The van der Waals surface area contributed by atoms with Gasteiger partial charge in [0.15, 0.2) is 0 Å². The number of hydrogen-bond acceptors (Lipinski definition) is 5. The van der Waals surface area contributed by atoms with Crippen LogP contribution in [0.3, 0.4) is 0 Å². The lowest BCUT2D eigenvalue weighted by molar-refractivity contribution is -0.124. The van der Waals surface area contributed by atoms with Crippen LogP contribution < -0.4 is 5.32 Å². The van der Waals surface area contributed by atoms with E-state index in [1.807, 2.05) is 66.7 Å². The van der Waals surface area contributed by atoms with E-state index in [4.69, 9.17) is 0 Å². The van der Waals surface area contributed by atoms with Gasteiger partial charge in [0.05, 0.1) is 17.6 Å². The second-order valence-corrected chi connectivity index (χ2v) is 8.01. The van der Waals surface area contributed by atoms with Crippen molar-refractivity contribution in [3.63, 3.8) is 0 Å². The lowest BCUT2D eigenvalue weighted by Gasteiger charge is -2.18. The number of carbonyl (C=O) groups is 3. The predicted octanol–water partition coefficient (Wildman–Crippen LogP) is 3.39. The zero-order valence-corrected chi connectivity index (χ0v) is 17.8. The Labute approximate surface area is 185 Å². The molecule has 0 aliphatic carbocycles. The Hall–Kier alpha value is -3.16. The Bertz CT molecular complexity index is 974. The summed E-state index contributed by atoms with van der Waals surface area (Å²) in [5.41, 5.74) is 1.99. The lowest BCUT2D eigenvalue weighted by atomic mass is 10.1. The van der Waals surface area contributed by atoms with Gasteiger partial charge in [0.1, 0.15) is 0 Å². The second kappa shape index (κ2) is 11.3. The molecule has 2 N–H and O–H groups in total. The molecule has 1 heterocycles. The van der Waals surface area contributed by atoms with Gasteiger partial charge in [-0.3, -0.25) is 19.3 Å². The first kappa shape index (κ1) is 22.5. The number of hydrogen-bond donors (Lipinski definition) is 2. The van der Waals surface area contributed by atoms with Crippen molar-refractivity contribution >= 4 is 34.9 Å². The fraction of sp³-hybridized carbons (Fsp3) is 0.208. The number of aliphatic hydroxyl groups excluding tert-OH is 1. The maximum Gasteiger partial charge on any atom is 0.293 e. The van der Waals surface area contributed by atoms with E-state index in [2.05, 4.69) is 5.32 Å². The van der Waals surface area contributed by atoms with E-state index in [1.165, 1.54) is 0 Å². The zero-order chi connectivity index (χ0) is 22.1. The number of aliphatic hydroxyl groups is 1. The third kappa shape index (κ3) is 6.67. The summed E-state index contributed by atoms with van der Waals surface area (Å²) in [4.78, 5) is 38.4. The third-order valence-corrected chi connectivity index (χ3v) is 5.61. The van der Waals surface area contributed by atoms with Crippen LogP contribution in [-0.2, 0) is 16.0 Å². The van der Waals surface area contributed by atoms with Crippen LogP contribution in [0.25, 0.3) is 6.08 Å². The summed E-state index contributed by atoms with van der Waals surface area (Å²) in [5.74, 6) is -0.717. The standard InChI is InChI=1S/C24H24N2O4S/c27-17-20(16-19-10-5-2-6-11-19)25-22(28)14-15-26-23(29)21(31-24(26)30)13-7-12-18-8-3-1-4-9-18/h1-13,20,27H,14-17H2,(H,25,28)/b12-7+,21-13+. The van der Waals surface area contributed by atoms with Crippen LogP contribution in [-0.4, -0.2) is 46.3 Å². The van der Waals surface area contributed by atoms with E-state index in [0.717, 1.165) is 27.8 Å². The van der Waals surface area contributed by atoms with Crippen LogP contribution in [0.5, 0.6) is 0 Å². The minimum Gasteiger partial charge on any atom is -0.394 e. The molecule has 3 amide bonds. The molecule has 0 aromatic heterocycles. The number of imide groups is 1. The summed E-state index contributed by atoms with van der Waals surface area (Å²) < 4.78 is 0. The number of rotatable bonds is 9. The van der Waals surface area contributed by atoms with Crippen LogP contribution in [0.15, 0.2) is 77.7 Å². The van der Waals surface area contributed by atoms with Gasteiger partial charge in [0.25, 0.3) is 11.1 Å². The lowest BCUT2D eigenvalue weighted by Crippen LogP contribution is -2.41. The minimum atomic E-state index is -0.423. The molecule has 1 aliphatic heterocycles. The number of amides is 3. The molecule has 7 heteroatoms. The van der Waals surface area contributed by atoms with E-state index < -0.39 is 11.9 Å². The second-order valence-electron chi connectivity index (χ2n) is 7.01. The van der Waals surface area contributed by atoms with Gasteiger partial charge in [-0.15, -0.1) is 0 Å². The summed E-state index contributed by atoms with van der Waals surface area (Å²) in [6.07, 6.45) is 5.68. The normalized spacial score (nSPS) is 16.3. The molecule has 160 valence electrons. The Morgan fingerprint density at radius 3 is 2.42 bits per heavy atom. The number of nitrogens with zero attached hydrogens (tertiary/aromatic N) is 1. The molecule has 31 heavy (non-hydrogen) atoms. The van der Waals surface area contributed by atoms with Crippen molar-refractivity contribution in [1.29, 1.82) is 0 Å². The number of nitrogens with one attached hydrogen (secondary N) is 1. The van der Waals surface area contributed by atoms with E-state index in [0.29, 0.717) is 11.3 Å². The summed E-state index contributed by atoms with van der Waals surface area (Å²) >= 11 is 0.864. The summed E-state index contributed by atoms with van der Waals surface area (Å²) in [6.45, 7) is -0.196. The largest absolute Gasteiger partial charge is 0.394 e. The molecule has 3 rings (SSSR count). The molecule has 0 spiro atoms. The van der Waals surface area contributed by atoms with Gasteiger partial charge in [-0.25, -0.2) is 0 Å². The molecule has 6 nitrogen and oxygen atoms in total. The van der Waals surface area contributed by atoms with Gasteiger partial charge < -0.3 is 10.4 Å². The van der Waals surface area contributed by atoms with Crippen molar-refractivity contribution in [3.05, 3.63) is 88.8 Å². The fourth-order valence-corrected chi connectivity index (χ4v) is 3.91. The highest BCUT2D eigenvalue weighted by Crippen LogP contribution is 2.30. The topological polar surface area (TPSA) is 86.7 Å². The maximum absolute atomic E-state index is 12.5. The van der Waals surface area contributed by atoms with Crippen LogP contribution >= 0.6 is 11.8 Å². The zero-order valence-electron chi connectivity index (χ0n) is 16.9. The quantitative estimate of drug-likeness (QED) is 0.589. The Morgan fingerprint density at radius 2 is 1.74 bits per heavy atom. The van der Waals surface area contributed by atoms with Crippen molar-refractivity contribution in [3.8, 4) is 0 Å². The smallest absolute Gasteiger partial charge is 0.293 e. The number of allylic oxidation sites excluding steroid dienone is 2.